The second-order valence-corrected chi connectivity index (χ2v) is 7.27. The summed E-state index contributed by atoms with van der Waals surface area (Å²) in [7, 11) is 0. The van der Waals surface area contributed by atoms with Crippen molar-refractivity contribution in [1.29, 1.82) is 0 Å². The van der Waals surface area contributed by atoms with E-state index in [1.54, 1.807) is 0 Å². The Morgan fingerprint density at radius 2 is 1.91 bits per heavy atom. The number of aryl methyl sites for hydroxylation is 2. The van der Waals surface area contributed by atoms with Crippen LogP contribution >= 0.6 is 0 Å². The first-order chi connectivity index (χ1) is 15.5. The van der Waals surface area contributed by atoms with Gasteiger partial charge in [0.25, 0.3) is 5.91 Å². The minimum Gasteiger partial charge on any atom is -0.448 e. The smallest absolute Gasteiger partial charge is 0.273 e. The van der Waals surface area contributed by atoms with Gasteiger partial charge in [0.05, 0.1) is 17.8 Å². The molecule has 0 radical (unpaired) electrons. The molecule has 4 aromatic rings. The van der Waals surface area contributed by atoms with Crippen molar-refractivity contribution in [1.82, 2.24) is 25.3 Å². The Balaban J connectivity index is 1.20. The zero-order valence-corrected chi connectivity index (χ0v) is 17.0. The molecule has 2 N–H and O–H groups in total. The molecule has 0 fully saturated rings. The van der Waals surface area contributed by atoms with E-state index >= 15 is 0 Å². The molecule has 0 spiro atoms. The molecule has 0 aliphatic heterocycles. The van der Waals surface area contributed by atoms with Crippen LogP contribution in [0.25, 0.3) is 11.0 Å². The molecular weight excluding hydrogens is 423 g/mol. The number of fused-ring (bicyclic) bond motifs is 1. The quantitative estimate of drug-likeness (QED) is 0.377. The van der Waals surface area contributed by atoms with Gasteiger partial charge >= 0.3 is 0 Å². The number of nitrogens with one attached hydrogen (secondary N) is 2. The van der Waals surface area contributed by atoms with Gasteiger partial charge in [0, 0.05) is 25.1 Å². The Morgan fingerprint density at radius 3 is 2.75 bits per heavy atom. The summed E-state index contributed by atoms with van der Waals surface area (Å²) in [6, 6.07) is 4.78. The number of unbranched alkanes of at least 4 members (excludes halogenated alkanes) is 2. The number of amides is 1. The number of imidazole rings is 1. The number of aromatic amines is 1. The van der Waals surface area contributed by atoms with Gasteiger partial charge in [-0.1, -0.05) is 6.42 Å². The van der Waals surface area contributed by atoms with Crippen LogP contribution in [0.15, 0.2) is 41.1 Å². The molecule has 0 aliphatic carbocycles. The van der Waals surface area contributed by atoms with Crippen molar-refractivity contribution in [2.45, 2.75) is 38.6 Å². The second kappa shape index (κ2) is 9.63. The lowest BCUT2D eigenvalue weighted by Crippen LogP contribution is -2.24. The van der Waals surface area contributed by atoms with Crippen LogP contribution in [0.2, 0.25) is 0 Å². The highest BCUT2D eigenvalue weighted by Crippen LogP contribution is 2.18. The molecule has 0 aliphatic rings. The van der Waals surface area contributed by atoms with Crippen LogP contribution in [-0.4, -0.2) is 25.8 Å². The summed E-state index contributed by atoms with van der Waals surface area (Å²) in [4.78, 5) is 27.3. The molecule has 3 aromatic heterocycles. The van der Waals surface area contributed by atoms with E-state index in [4.69, 9.17) is 4.42 Å². The van der Waals surface area contributed by atoms with E-state index in [0.29, 0.717) is 30.1 Å². The second-order valence-electron chi connectivity index (χ2n) is 7.27. The van der Waals surface area contributed by atoms with Gasteiger partial charge in [0.15, 0.2) is 17.4 Å². The molecular formula is C22H20F3N5O2. The van der Waals surface area contributed by atoms with Crippen molar-refractivity contribution in [3.8, 4) is 0 Å². The number of benzene rings is 1. The SMILES string of the molecule is O=C(NCc1ncccc1F)c1coc(CCCCCc2nc3c(F)cc(F)cc3[nH]2)n1. The fourth-order valence-electron chi connectivity index (χ4n) is 3.29. The number of oxazole rings is 1. The highest BCUT2D eigenvalue weighted by molar-refractivity contribution is 5.91. The van der Waals surface area contributed by atoms with Crippen LogP contribution in [0.4, 0.5) is 13.2 Å². The summed E-state index contributed by atoms with van der Waals surface area (Å²) < 4.78 is 45.9. The number of H-pyrrole nitrogens is 1. The lowest BCUT2D eigenvalue weighted by Gasteiger charge is -2.03. The lowest BCUT2D eigenvalue weighted by molar-refractivity contribution is 0.0945. The minimum atomic E-state index is -0.684. The van der Waals surface area contributed by atoms with Crippen LogP contribution in [0.1, 0.15) is 47.2 Å². The molecule has 166 valence electrons. The average molecular weight is 443 g/mol. The summed E-state index contributed by atoms with van der Waals surface area (Å²) in [5.74, 6) is -1.26. The fourth-order valence-corrected chi connectivity index (χ4v) is 3.29. The lowest BCUT2D eigenvalue weighted by atomic mass is 10.1. The largest absolute Gasteiger partial charge is 0.448 e. The van der Waals surface area contributed by atoms with Crippen LogP contribution in [0, 0.1) is 17.5 Å². The minimum absolute atomic E-state index is 0.0496. The van der Waals surface area contributed by atoms with E-state index in [1.165, 1.54) is 30.7 Å². The van der Waals surface area contributed by atoms with Crippen LogP contribution < -0.4 is 5.32 Å². The van der Waals surface area contributed by atoms with Crippen molar-refractivity contribution in [3.05, 3.63) is 77.3 Å². The predicted molar refractivity (Wildman–Crippen MR) is 109 cm³/mol. The molecule has 0 unspecified atom stereocenters. The molecule has 0 saturated heterocycles. The maximum atomic E-state index is 13.7. The number of halogens is 3. The van der Waals surface area contributed by atoms with Crippen molar-refractivity contribution in [2.24, 2.45) is 0 Å². The highest BCUT2D eigenvalue weighted by Gasteiger charge is 2.13. The van der Waals surface area contributed by atoms with Crippen molar-refractivity contribution >= 4 is 16.9 Å². The van der Waals surface area contributed by atoms with Gasteiger partial charge in [-0.25, -0.2) is 23.1 Å². The first-order valence-corrected chi connectivity index (χ1v) is 10.2. The number of rotatable bonds is 9. The summed E-state index contributed by atoms with van der Waals surface area (Å²) in [6.07, 6.45) is 6.24. The molecule has 32 heavy (non-hydrogen) atoms. The maximum absolute atomic E-state index is 13.7. The van der Waals surface area contributed by atoms with Gasteiger partial charge in [-0.15, -0.1) is 0 Å². The van der Waals surface area contributed by atoms with E-state index in [9.17, 15) is 18.0 Å². The molecule has 0 atom stereocenters. The van der Waals surface area contributed by atoms with E-state index < -0.39 is 23.4 Å². The normalized spacial score (nSPS) is 11.2. The molecule has 7 nitrogen and oxygen atoms in total. The standard InChI is InChI=1S/C22H20F3N5O2/c23-13-9-15(25)21-16(10-13)28-19(30-21)6-2-1-3-7-20-29-18(12-32-20)22(31)27-11-17-14(24)5-4-8-26-17/h4-5,8-10,12H,1-3,6-7,11H2,(H,27,31)(H,28,30). The number of nitrogens with zero attached hydrogens (tertiary/aromatic N) is 3. The fraction of sp³-hybridized carbons (Fsp3) is 0.273. The summed E-state index contributed by atoms with van der Waals surface area (Å²) in [5.41, 5.74) is 0.737. The zero-order chi connectivity index (χ0) is 22.5. The Hall–Kier alpha value is -3.69. The monoisotopic (exact) mass is 443 g/mol. The Bertz CT molecular complexity index is 1240. The van der Waals surface area contributed by atoms with E-state index in [1.807, 2.05) is 0 Å². The number of carbonyl (C=O) groups is 1. The topological polar surface area (TPSA) is 96.7 Å². The third-order valence-electron chi connectivity index (χ3n) is 4.89. The first-order valence-electron chi connectivity index (χ1n) is 10.2. The molecule has 3 heterocycles. The van der Waals surface area contributed by atoms with Crippen LogP contribution in [-0.2, 0) is 19.4 Å². The highest BCUT2D eigenvalue weighted by atomic mass is 19.1. The Morgan fingerprint density at radius 1 is 1.06 bits per heavy atom. The third-order valence-corrected chi connectivity index (χ3v) is 4.89. The number of aromatic nitrogens is 4. The molecule has 0 saturated carbocycles. The maximum Gasteiger partial charge on any atom is 0.273 e. The van der Waals surface area contributed by atoms with Crippen molar-refractivity contribution in [2.75, 3.05) is 0 Å². The van der Waals surface area contributed by atoms with Crippen LogP contribution in [0.3, 0.4) is 0 Å². The molecule has 10 heteroatoms. The van der Waals surface area contributed by atoms with E-state index in [-0.39, 0.29) is 23.4 Å². The zero-order valence-electron chi connectivity index (χ0n) is 17.0. The van der Waals surface area contributed by atoms with Crippen molar-refractivity contribution in [3.63, 3.8) is 0 Å². The van der Waals surface area contributed by atoms with Gasteiger partial charge < -0.3 is 14.7 Å². The number of carbonyl (C=O) groups excluding carboxylic acids is 1. The number of hydrogen-bond acceptors (Lipinski definition) is 5. The summed E-state index contributed by atoms with van der Waals surface area (Å²) in [5, 5.41) is 2.56. The van der Waals surface area contributed by atoms with E-state index in [2.05, 4.69) is 25.3 Å². The van der Waals surface area contributed by atoms with Gasteiger partial charge in [-0.3, -0.25) is 9.78 Å². The van der Waals surface area contributed by atoms with E-state index in [0.717, 1.165) is 25.3 Å². The number of pyridine rings is 1. The Kier molecular flexibility index (Phi) is 6.48. The first kappa shape index (κ1) is 21.5. The summed E-state index contributed by atoms with van der Waals surface area (Å²) in [6.45, 7) is -0.0496. The van der Waals surface area contributed by atoms with Gasteiger partial charge in [-0.05, 0) is 31.0 Å². The third kappa shape index (κ3) is 5.13. The van der Waals surface area contributed by atoms with Gasteiger partial charge in [-0.2, -0.15) is 0 Å². The van der Waals surface area contributed by atoms with Gasteiger partial charge in [0.2, 0.25) is 0 Å². The van der Waals surface area contributed by atoms with Crippen LogP contribution in [0.5, 0.6) is 0 Å². The molecule has 1 aromatic carbocycles. The average Bonchev–Trinajstić information content (AvgIpc) is 3.40. The molecule has 4 rings (SSSR count). The van der Waals surface area contributed by atoms with Gasteiger partial charge in [0.1, 0.15) is 29.2 Å². The number of hydrogen-bond donors (Lipinski definition) is 2. The predicted octanol–water partition coefficient (Wildman–Crippen LogP) is 4.25. The summed E-state index contributed by atoms with van der Waals surface area (Å²) >= 11 is 0. The molecule has 1 amide bonds. The molecule has 0 bridgehead atoms. The van der Waals surface area contributed by atoms with Crippen molar-refractivity contribution < 1.29 is 22.4 Å². The Labute approximate surface area is 181 Å².